The second-order valence-corrected chi connectivity index (χ2v) is 7.46. The molecule has 0 radical (unpaired) electrons. The van der Waals surface area contributed by atoms with E-state index in [0.29, 0.717) is 6.42 Å². The molecule has 3 aromatic rings. The normalized spacial score (nSPS) is 14.4. The summed E-state index contributed by atoms with van der Waals surface area (Å²) in [4.78, 5) is 6.09. The monoisotopic (exact) mass is 373 g/mol. The summed E-state index contributed by atoms with van der Waals surface area (Å²) in [5, 5.41) is 10.2. The highest BCUT2D eigenvalue weighted by Gasteiger charge is 2.14. The fourth-order valence-corrected chi connectivity index (χ4v) is 4.10. The van der Waals surface area contributed by atoms with Gasteiger partial charge in [0.15, 0.2) is 0 Å². The molecule has 1 aromatic heterocycles. The van der Waals surface area contributed by atoms with Crippen molar-refractivity contribution in [1.82, 2.24) is 9.88 Å². The summed E-state index contributed by atoms with van der Waals surface area (Å²) < 4.78 is 6.01. The molecule has 2 aromatic carbocycles. The van der Waals surface area contributed by atoms with E-state index in [4.69, 9.17) is 10.00 Å². The van der Waals surface area contributed by atoms with E-state index in [1.165, 1.54) is 36.9 Å². The smallest absolute Gasteiger partial charge is 0.121 e. The van der Waals surface area contributed by atoms with Crippen LogP contribution in [0.15, 0.2) is 48.5 Å². The number of fused-ring (bicyclic) bond motifs is 1. The van der Waals surface area contributed by atoms with Gasteiger partial charge in [0, 0.05) is 35.6 Å². The standard InChI is InChI=1S/C24H27N3O/c25-13-6-10-22-21-12-11-20(28-17-7-16-27-14-4-5-15-27)18-23(21)26-24(22)19-8-2-1-3-9-19/h1-3,8-9,11-12,18,26H,4-7,10,14-17H2. The SMILES string of the molecule is N#CCCc1c(-c2ccccc2)[nH]c2cc(OCCCN3CCCC3)ccc12. The molecule has 1 saturated heterocycles. The number of ether oxygens (including phenoxy) is 1. The van der Waals surface area contributed by atoms with E-state index in [1.807, 2.05) is 18.2 Å². The van der Waals surface area contributed by atoms with E-state index in [-0.39, 0.29) is 0 Å². The number of likely N-dealkylation sites (tertiary alicyclic amines) is 1. The second kappa shape index (κ2) is 8.95. The quantitative estimate of drug-likeness (QED) is 0.555. The lowest BCUT2D eigenvalue weighted by Gasteiger charge is -2.14. The molecule has 4 heteroatoms. The minimum Gasteiger partial charge on any atom is -0.493 e. The van der Waals surface area contributed by atoms with Crippen molar-refractivity contribution in [3.63, 3.8) is 0 Å². The third-order valence-electron chi connectivity index (χ3n) is 5.51. The third-order valence-corrected chi connectivity index (χ3v) is 5.51. The van der Waals surface area contributed by atoms with Gasteiger partial charge in [-0.05, 0) is 62.0 Å². The van der Waals surface area contributed by atoms with E-state index in [2.05, 4.69) is 46.3 Å². The average molecular weight is 374 g/mol. The van der Waals surface area contributed by atoms with Crippen LogP contribution in [0.3, 0.4) is 0 Å². The molecular formula is C24H27N3O. The summed E-state index contributed by atoms with van der Waals surface area (Å²) in [7, 11) is 0. The molecule has 1 aliphatic heterocycles. The van der Waals surface area contributed by atoms with Gasteiger partial charge in [0.25, 0.3) is 0 Å². The molecule has 28 heavy (non-hydrogen) atoms. The van der Waals surface area contributed by atoms with Gasteiger partial charge in [-0.2, -0.15) is 5.26 Å². The summed E-state index contributed by atoms with van der Waals surface area (Å²) in [6.07, 6.45) is 4.99. The number of benzene rings is 2. The lowest BCUT2D eigenvalue weighted by atomic mass is 10.0. The Labute approximate surface area is 166 Å². The number of aromatic nitrogens is 1. The van der Waals surface area contributed by atoms with Gasteiger partial charge < -0.3 is 14.6 Å². The van der Waals surface area contributed by atoms with Gasteiger partial charge in [-0.1, -0.05) is 30.3 Å². The van der Waals surface area contributed by atoms with E-state index < -0.39 is 0 Å². The molecule has 1 N–H and O–H groups in total. The zero-order valence-electron chi connectivity index (χ0n) is 16.3. The number of nitrogens with zero attached hydrogens (tertiary/aromatic N) is 2. The zero-order chi connectivity index (χ0) is 19.2. The molecule has 4 nitrogen and oxygen atoms in total. The first-order chi connectivity index (χ1) is 13.8. The Morgan fingerprint density at radius 1 is 1.07 bits per heavy atom. The molecule has 2 heterocycles. The van der Waals surface area contributed by atoms with Crippen molar-refractivity contribution in [2.75, 3.05) is 26.2 Å². The molecule has 0 unspecified atom stereocenters. The Morgan fingerprint density at radius 3 is 2.68 bits per heavy atom. The van der Waals surface area contributed by atoms with Crippen molar-refractivity contribution in [2.24, 2.45) is 0 Å². The molecule has 0 aliphatic carbocycles. The number of nitrogens with one attached hydrogen (secondary N) is 1. The summed E-state index contributed by atoms with van der Waals surface area (Å²) in [6, 6.07) is 18.9. The lowest BCUT2D eigenvalue weighted by molar-refractivity contribution is 0.263. The Hall–Kier alpha value is -2.77. The maximum Gasteiger partial charge on any atom is 0.121 e. The van der Waals surface area contributed by atoms with Crippen LogP contribution in [0, 0.1) is 11.3 Å². The van der Waals surface area contributed by atoms with E-state index in [1.54, 1.807) is 0 Å². The van der Waals surface area contributed by atoms with E-state index in [9.17, 15) is 0 Å². The van der Waals surface area contributed by atoms with Crippen molar-refractivity contribution in [2.45, 2.75) is 32.1 Å². The fraction of sp³-hybridized carbons (Fsp3) is 0.375. The van der Waals surface area contributed by atoms with E-state index >= 15 is 0 Å². The van der Waals surface area contributed by atoms with Gasteiger partial charge in [0.05, 0.1) is 12.7 Å². The van der Waals surface area contributed by atoms with Gasteiger partial charge in [0.1, 0.15) is 5.75 Å². The first-order valence-electron chi connectivity index (χ1n) is 10.3. The highest BCUT2D eigenvalue weighted by molar-refractivity contribution is 5.91. The highest BCUT2D eigenvalue weighted by Crippen LogP contribution is 2.33. The summed E-state index contributed by atoms with van der Waals surface area (Å²) in [5.41, 5.74) is 4.55. The van der Waals surface area contributed by atoms with Crippen LogP contribution in [0.1, 0.15) is 31.2 Å². The number of nitriles is 1. The second-order valence-electron chi connectivity index (χ2n) is 7.46. The van der Waals surface area contributed by atoms with Crippen LogP contribution >= 0.6 is 0 Å². The molecule has 4 rings (SSSR count). The minimum atomic E-state index is 0.515. The van der Waals surface area contributed by atoms with Gasteiger partial charge in [-0.25, -0.2) is 0 Å². The van der Waals surface area contributed by atoms with Crippen LogP contribution in [0.5, 0.6) is 5.75 Å². The van der Waals surface area contributed by atoms with Gasteiger partial charge >= 0.3 is 0 Å². The number of aromatic amines is 1. The first kappa shape index (κ1) is 18.6. The number of rotatable bonds is 8. The highest BCUT2D eigenvalue weighted by atomic mass is 16.5. The van der Waals surface area contributed by atoms with Crippen molar-refractivity contribution in [3.8, 4) is 23.1 Å². The Morgan fingerprint density at radius 2 is 1.89 bits per heavy atom. The molecule has 0 atom stereocenters. The Kier molecular flexibility index (Phi) is 5.94. The molecule has 0 saturated carbocycles. The molecule has 144 valence electrons. The van der Waals surface area contributed by atoms with Crippen molar-refractivity contribution < 1.29 is 4.74 Å². The van der Waals surface area contributed by atoms with Crippen LogP contribution in [-0.2, 0) is 6.42 Å². The molecule has 1 fully saturated rings. The van der Waals surface area contributed by atoms with Crippen molar-refractivity contribution in [1.29, 1.82) is 5.26 Å². The van der Waals surface area contributed by atoms with Crippen LogP contribution in [0.4, 0.5) is 0 Å². The summed E-state index contributed by atoms with van der Waals surface area (Å²) in [6.45, 7) is 4.35. The maximum atomic E-state index is 9.06. The fourth-order valence-electron chi connectivity index (χ4n) is 4.10. The summed E-state index contributed by atoms with van der Waals surface area (Å²) in [5.74, 6) is 0.904. The van der Waals surface area contributed by atoms with Crippen molar-refractivity contribution in [3.05, 3.63) is 54.1 Å². The van der Waals surface area contributed by atoms with Gasteiger partial charge in [-0.3, -0.25) is 0 Å². The van der Waals surface area contributed by atoms with Crippen LogP contribution in [0.25, 0.3) is 22.2 Å². The number of hydrogen-bond donors (Lipinski definition) is 1. The number of H-pyrrole nitrogens is 1. The predicted octanol–water partition coefficient (Wildman–Crippen LogP) is 5.16. The van der Waals surface area contributed by atoms with Crippen LogP contribution in [0.2, 0.25) is 0 Å². The average Bonchev–Trinajstić information content (AvgIpc) is 3.38. The molecular weight excluding hydrogens is 346 g/mol. The third kappa shape index (κ3) is 4.21. The van der Waals surface area contributed by atoms with Crippen LogP contribution < -0.4 is 4.74 Å². The Bertz CT molecular complexity index is 949. The van der Waals surface area contributed by atoms with Crippen molar-refractivity contribution >= 4 is 10.9 Å². The van der Waals surface area contributed by atoms with E-state index in [0.717, 1.165) is 48.5 Å². The molecule has 0 amide bonds. The molecule has 1 aliphatic rings. The minimum absolute atomic E-state index is 0.515. The largest absolute Gasteiger partial charge is 0.493 e. The molecule has 0 spiro atoms. The predicted molar refractivity (Wildman–Crippen MR) is 113 cm³/mol. The van der Waals surface area contributed by atoms with Gasteiger partial charge in [-0.15, -0.1) is 0 Å². The number of hydrogen-bond acceptors (Lipinski definition) is 3. The maximum absolute atomic E-state index is 9.06. The summed E-state index contributed by atoms with van der Waals surface area (Å²) >= 11 is 0. The topological polar surface area (TPSA) is 52.1 Å². The van der Waals surface area contributed by atoms with Crippen LogP contribution in [-0.4, -0.2) is 36.1 Å². The zero-order valence-corrected chi connectivity index (χ0v) is 16.3. The lowest BCUT2D eigenvalue weighted by Crippen LogP contribution is -2.21. The first-order valence-corrected chi connectivity index (χ1v) is 10.3. The van der Waals surface area contributed by atoms with Gasteiger partial charge in [0.2, 0.25) is 0 Å². The molecule has 0 bridgehead atoms. The Balaban J connectivity index is 1.51. The number of aryl methyl sites for hydroxylation is 1.